The van der Waals surface area contributed by atoms with Crippen molar-refractivity contribution in [2.75, 3.05) is 19.6 Å². The molecule has 0 saturated carbocycles. The molecule has 0 spiro atoms. The quantitative estimate of drug-likeness (QED) is 0.513. The highest BCUT2D eigenvalue weighted by Gasteiger charge is 2.08. The zero-order chi connectivity index (χ0) is 11.6. The van der Waals surface area contributed by atoms with Gasteiger partial charge < -0.3 is 10.6 Å². The normalized spacial score (nSPS) is 15.7. The molecule has 0 aromatic heterocycles. The van der Waals surface area contributed by atoms with E-state index >= 15 is 0 Å². The van der Waals surface area contributed by atoms with E-state index in [1.807, 2.05) is 0 Å². The minimum absolute atomic E-state index is 0.185. The maximum absolute atomic E-state index is 11.6. The first-order chi connectivity index (χ1) is 7.83. The molecular formula is C13H24N2O. The molecule has 2 N–H and O–H groups in total. The second-order valence-electron chi connectivity index (χ2n) is 4.34. The van der Waals surface area contributed by atoms with Crippen molar-refractivity contribution in [3.05, 3.63) is 11.6 Å². The zero-order valence-electron chi connectivity index (χ0n) is 10.3. The standard InChI is InChI=1S/C13H24N2O/c1-2-14-9-6-10-15-13(16)11-12-7-4-3-5-8-12/h7,14H,2-6,8-11H2,1H3,(H,15,16). The van der Waals surface area contributed by atoms with Crippen LogP contribution < -0.4 is 10.6 Å². The number of allylic oxidation sites excluding steroid dienone is 1. The molecule has 1 amide bonds. The van der Waals surface area contributed by atoms with E-state index in [4.69, 9.17) is 0 Å². The average Bonchev–Trinajstić information content (AvgIpc) is 2.30. The van der Waals surface area contributed by atoms with Crippen molar-refractivity contribution < 1.29 is 4.79 Å². The van der Waals surface area contributed by atoms with Gasteiger partial charge in [-0.05, 0) is 45.2 Å². The van der Waals surface area contributed by atoms with Crippen LogP contribution in [0.3, 0.4) is 0 Å². The maximum atomic E-state index is 11.6. The van der Waals surface area contributed by atoms with Gasteiger partial charge >= 0.3 is 0 Å². The predicted molar refractivity (Wildman–Crippen MR) is 67.3 cm³/mol. The van der Waals surface area contributed by atoms with Crippen molar-refractivity contribution in [2.45, 2.75) is 45.4 Å². The first kappa shape index (κ1) is 13.2. The van der Waals surface area contributed by atoms with Crippen molar-refractivity contribution in [2.24, 2.45) is 0 Å². The van der Waals surface area contributed by atoms with Crippen LogP contribution in [-0.2, 0) is 4.79 Å². The van der Waals surface area contributed by atoms with Crippen LogP contribution in [0.2, 0.25) is 0 Å². The zero-order valence-corrected chi connectivity index (χ0v) is 10.3. The van der Waals surface area contributed by atoms with Crippen LogP contribution in [0.4, 0.5) is 0 Å². The summed E-state index contributed by atoms with van der Waals surface area (Å²) in [7, 11) is 0. The van der Waals surface area contributed by atoms with Gasteiger partial charge in [-0.2, -0.15) is 0 Å². The molecule has 0 aliphatic heterocycles. The average molecular weight is 224 g/mol. The van der Waals surface area contributed by atoms with Crippen LogP contribution in [0.15, 0.2) is 11.6 Å². The number of carbonyl (C=O) groups is 1. The highest BCUT2D eigenvalue weighted by atomic mass is 16.1. The molecule has 3 heteroatoms. The van der Waals surface area contributed by atoms with Gasteiger partial charge in [-0.3, -0.25) is 4.79 Å². The van der Waals surface area contributed by atoms with Gasteiger partial charge in [-0.25, -0.2) is 0 Å². The van der Waals surface area contributed by atoms with Gasteiger partial charge in [0.25, 0.3) is 0 Å². The van der Waals surface area contributed by atoms with E-state index in [-0.39, 0.29) is 5.91 Å². The van der Waals surface area contributed by atoms with Crippen molar-refractivity contribution in [3.63, 3.8) is 0 Å². The monoisotopic (exact) mass is 224 g/mol. The summed E-state index contributed by atoms with van der Waals surface area (Å²) in [5.74, 6) is 0.185. The highest BCUT2D eigenvalue weighted by Crippen LogP contribution is 2.19. The van der Waals surface area contributed by atoms with Gasteiger partial charge in [0, 0.05) is 13.0 Å². The molecule has 92 valence electrons. The Kier molecular flexibility index (Phi) is 6.90. The van der Waals surface area contributed by atoms with Gasteiger partial charge in [0.05, 0.1) is 0 Å². The lowest BCUT2D eigenvalue weighted by Gasteiger charge is -2.12. The van der Waals surface area contributed by atoms with Crippen LogP contribution in [0.5, 0.6) is 0 Å². The number of rotatable bonds is 7. The fourth-order valence-electron chi connectivity index (χ4n) is 1.95. The smallest absolute Gasteiger partial charge is 0.224 e. The third-order valence-electron chi connectivity index (χ3n) is 2.88. The summed E-state index contributed by atoms with van der Waals surface area (Å²) in [6.45, 7) is 4.87. The molecule has 0 unspecified atom stereocenters. The molecule has 0 bridgehead atoms. The van der Waals surface area contributed by atoms with Gasteiger partial charge in [-0.1, -0.05) is 18.6 Å². The topological polar surface area (TPSA) is 41.1 Å². The van der Waals surface area contributed by atoms with Gasteiger partial charge in [0.1, 0.15) is 0 Å². The van der Waals surface area contributed by atoms with Crippen LogP contribution in [-0.4, -0.2) is 25.5 Å². The third kappa shape index (κ3) is 5.91. The number of amides is 1. The summed E-state index contributed by atoms with van der Waals surface area (Å²) in [6, 6.07) is 0. The second-order valence-corrected chi connectivity index (χ2v) is 4.34. The van der Waals surface area contributed by atoms with Crippen LogP contribution >= 0.6 is 0 Å². The van der Waals surface area contributed by atoms with Crippen molar-refractivity contribution in [1.29, 1.82) is 0 Å². The first-order valence-electron chi connectivity index (χ1n) is 6.48. The molecule has 0 atom stereocenters. The summed E-state index contributed by atoms with van der Waals surface area (Å²) in [5, 5.41) is 6.21. The fraction of sp³-hybridized carbons (Fsp3) is 0.769. The highest BCUT2D eigenvalue weighted by molar-refractivity contribution is 5.78. The van der Waals surface area contributed by atoms with E-state index in [0.29, 0.717) is 6.42 Å². The molecule has 0 heterocycles. The summed E-state index contributed by atoms with van der Waals surface area (Å²) in [6.07, 6.45) is 8.67. The number of carbonyl (C=O) groups excluding carboxylic acids is 1. The van der Waals surface area contributed by atoms with E-state index in [9.17, 15) is 4.79 Å². The van der Waals surface area contributed by atoms with Crippen molar-refractivity contribution in [3.8, 4) is 0 Å². The fourth-order valence-corrected chi connectivity index (χ4v) is 1.95. The lowest BCUT2D eigenvalue weighted by atomic mass is 9.97. The van der Waals surface area contributed by atoms with E-state index in [1.165, 1.54) is 18.4 Å². The third-order valence-corrected chi connectivity index (χ3v) is 2.88. The van der Waals surface area contributed by atoms with Crippen LogP contribution in [0.25, 0.3) is 0 Å². The summed E-state index contributed by atoms with van der Waals surface area (Å²) >= 11 is 0. The molecule has 1 rings (SSSR count). The van der Waals surface area contributed by atoms with Crippen LogP contribution in [0.1, 0.15) is 45.4 Å². The lowest BCUT2D eigenvalue weighted by Crippen LogP contribution is -2.27. The van der Waals surface area contributed by atoms with E-state index in [2.05, 4.69) is 23.6 Å². The molecule has 3 nitrogen and oxygen atoms in total. The minimum atomic E-state index is 0.185. The Morgan fingerprint density at radius 2 is 2.25 bits per heavy atom. The molecule has 0 aromatic rings. The SMILES string of the molecule is CCNCCCNC(=O)CC1=CCCCC1. The Labute approximate surface area is 98.7 Å². The Morgan fingerprint density at radius 3 is 2.94 bits per heavy atom. The van der Waals surface area contributed by atoms with Gasteiger partial charge in [0.15, 0.2) is 0 Å². The number of hydrogen-bond acceptors (Lipinski definition) is 2. The minimum Gasteiger partial charge on any atom is -0.356 e. The van der Waals surface area contributed by atoms with Crippen molar-refractivity contribution in [1.82, 2.24) is 10.6 Å². The summed E-state index contributed by atoms with van der Waals surface area (Å²) < 4.78 is 0. The molecule has 0 saturated heterocycles. The Hall–Kier alpha value is -0.830. The molecular weight excluding hydrogens is 200 g/mol. The van der Waals surface area contributed by atoms with E-state index < -0.39 is 0 Å². The molecule has 0 fully saturated rings. The van der Waals surface area contributed by atoms with Gasteiger partial charge in [0.2, 0.25) is 5.91 Å². The van der Waals surface area contributed by atoms with Crippen molar-refractivity contribution >= 4 is 5.91 Å². The lowest BCUT2D eigenvalue weighted by molar-refractivity contribution is -0.120. The first-order valence-corrected chi connectivity index (χ1v) is 6.48. The number of hydrogen-bond donors (Lipinski definition) is 2. The summed E-state index contributed by atoms with van der Waals surface area (Å²) in [4.78, 5) is 11.6. The van der Waals surface area contributed by atoms with Crippen LogP contribution in [0, 0.1) is 0 Å². The molecule has 1 aliphatic carbocycles. The summed E-state index contributed by atoms with van der Waals surface area (Å²) in [5.41, 5.74) is 1.33. The predicted octanol–water partition coefficient (Wildman–Crippen LogP) is 1.99. The Balaban J connectivity index is 2.04. The molecule has 0 aromatic carbocycles. The largest absolute Gasteiger partial charge is 0.356 e. The molecule has 16 heavy (non-hydrogen) atoms. The Bertz CT molecular complexity index is 236. The van der Waals surface area contributed by atoms with E-state index in [1.54, 1.807) is 0 Å². The Morgan fingerprint density at radius 1 is 1.38 bits per heavy atom. The maximum Gasteiger partial charge on any atom is 0.224 e. The number of nitrogens with one attached hydrogen (secondary N) is 2. The van der Waals surface area contributed by atoms with E-state index in [0.717, 1.165) is 38.9 Å². The molecule has 0 radical (unpaired) electrons. The molecule has 1 aliphatic rings. The van der Waals surface area contributed by atoms with Gasteiger partial charge in [-0.15, -0.1) is 0 Å². The second kappa shape index (κ2) is 8.34.